The number of carbonyl (C=O) groups excluding carboxylic acids is 1. The van der Waals surface area contributed by atoms with Gasteiger partial charge >= 0.3 is 12.0 Å². The number of piperidine rings is 1. The highest BCUT2D eigenvalue weighted by molar-refractivity contribution is 5.87. The largest absolute Gasteiger partial charge is 0.478 e. The highest BCUT2D eigenvalue weighted by Gasteiger charge is 2.26. The van der Waals surface area contributed by atoms with Crippen molar-refractivity contribution in [2.24, 2.45) is 5.92 Å². The van der Waals surface area contributed by atoms with Gasteiger partial charge in [-0.2, -0.15) is 0 Å². The number of likely N-dealkylation sites (tertiary alicyclic amines) is 1. The van der Waals surface area contributed by atoms with Crippen molar-refractivity contribution in [3.05, 3.63) is 35.4 Å². The zero-order valence-electron chi connectivity index (χ0n) is 12.0. The van der Waals surface area contributed by atoms with Crippen LogP contribution in [0.15, 0.2) is 24.3 Å². The second-order valence-corrected chi connectivity index (χ2v) is 5.44. The first-order chi connectivity index (χ1) is 9.97. The third-order valence-corrected chi connectivity index (χ3v) is 3.79. The average molecular weight is 292 g/mol. The van der Waals surface area contributed by atoms with Crippen LogP contribution in [0.4, 0.5) is 4.79 Å². The molecule has 2 rings (SSSR count). The van der Waals surface area contributed by atoms with Gasteiger partial charge in [-0.25, -0.2) is 9.59 Å². The Bertz CT molecular complexity index is 515. The fourth-order valence-corrected chi connectivity index (χ4v) is 2.37. The first-order valence-corrected chi connectivity index (χ1v) is 7.00. The van der Waals surface area contributed by atoms with Crippen LogP contribution < -0.4 is 5.32 Å². The van der Waals surface area contributed by atoms with Gasteiger partial charge in [0.1, 0.15) is 0 Å². The molecular weight excluding hydrogens is 272 g/mol. The molecule has 1 aliphatic heterocycles. The highest BCUT2D eigenvalue weighted by Crippen LogP contribution is 2.16. The third kappa shape index (κ3) is 3.95. The number of hydrogen-bond donors (Lipinski definition) is 3. The first-order valence-electron chi connectivity index (χ1n) is 7.00. The molecule has 1 aromatic carbocycles. The number of aliphatic hydroxyl groups is 1. The summed E-state index contributed by atoms with van der Waals surface area (Å²) in [6.45, 7) is 3.38. The predicted molar refractivity (Wildman–Crippen MR) is 77.0 cm³/mol. The van der Waals surface area contributed by atoms with Gasteiger partial charge in [0.2, 0.25) is 0 Å². The number of aromatic carboxylic acids is 1. The Kier molecular flexibility index (Phi) is 4.80. The van der Waals surface area contributed by atoms with Gasteiger partial charge in [-0.05, 0) is 30.0 Å². The van der Waals surface area contributed by atoms with Gasteiger partial charge in [0, 0.05) is 19.6 Å². The zero-order chi connectivity index (χ0) is 15.4. The van der Waals surface area contributed by atoms with Crippen molar-refractivity contribution in [3.8, 4) is 0 Å². The van der Waals surface area contributed by atoms with Crippen molar-refractivity contribution >= 4 is 12.0 Å². The van der Waals surface area contributed by atoms with Gasteiger partial charge in [-0.3, -0.25) is 0 Å². The molecule has 114 valence electrons. The summed E-state index contributed by atoms with van der Waals surface area (Å²) in [4.78, 5) is 24.5. The molecule has 0 aliphatic carbocycles. The van der Waals surface area contributed by atoms with Crippen LogP contribution in [0.1, 0.15) is 29.3 Å². The van der Waals surface area contributed by atoms with Gasteiger partial charge < -0.3 is 20.4 Å². The number of benzene rings is 1. The van der Waals surface area contributed by atoms with E-state index in [0.29, 0.717) is 26.1 Å². The number of aliphatic hydroxyl groups excluding tert-OH is 1. The summed E-state index contributed by atoms with van der Waals surface area (Å²) >= 11 is 0. The average Bonchev–Trinajstić information content (AvgIpc) is 2.48. The van der Waals surface area contributed by atoms with E-state index in [-0.39, 0.29) is 23.6 Å². The van der Waals surface area contributed by atoms with Crippen LogP contribution in [0.3, 0.4) is 0 Å². The Morgan fingerprint density at radius 2 is 2.00 bits per heavy atom. The molecule has 0 spiro atoms. The van der Waals surface area contributed by atoms with Crippen LogP contribution in [0.5, 0.6) is 0 Å². The topological polar surface area (TPSA) is 89.9 Å². The second-order valence-electron chi connectivity index (χ2n) is 5.44. The number of carboxylic acid groups (broad SMARTS) is 1. The van der Waals surface area contributed by atoms with E-state index in [1.165, 1.54) is 12.1 Å². The van der Waals surface area contributed by atoms with Gasteiger partial charge in [0.25, 0.3) is 0 Å². The summed E-state index contributed by atoms with van der Waals surface area (Å²) in [5, 5.41) is 21.3. The van der Waals surface area contributed by atoms with Crippen LogP contribution in [-0.4, -0.2) is 46.3 Å². The Morgan fingerprint density at radius 3 is 2.57 bits per heavy atom. The standard InChI is InChI=1S/C15H20N2O4/c1-10-9-17(7-6-13(10)18)15(21)16-8-11-2-4-12(5-3-11)14(19)20/h2-5,10,13,18H,6-9H2,1H3,(H,16,21)(H,19,20). The fraction of sp³-hybridized carbons (Fsp3) is 0.467. The summed E-state index contributed by atoms with van der Waals surface area (Å²) in [5.74, 6) is -0.884. The molecule has 6 heteroatoms. The third-order valence-electron chi connectivity index (χ3n) is 3.79. The van der Waals surface area contributed by atoms with Crippen molar-refractivity contribution in [2.75, 3.05) is 13.1 Å². The lowest BCUT2D eigenvalue weighted by molar-refractivity contribution is 0.0480. The number of nitrogens with zero attached hydrogens (tertiary/aromatic N) is 1. The summed E-state index contributed by atoms with van der Waals surface area (Å²) in [5.41, 5.74) is 1.07. The number of carboxylic acids is 1. The predicted octanol–water partition coefficient (Wildman–Crippen LogP) is 1.30. The number of hydrogen-bond acceptors (Lipinski definition) is 3. The van der Waals surface area contributed by atoms with Gasteiger partial charge in [-0.1, -0.05) is 19.1 Å². The summed E-state index contributed by atoms with van der Waals surface area (Å²) in [6.07, 6.45) is 0.264. The monoisotopic (exact) mass is 292 g/mol. The maximum Gasteiger partial charge on any atom is 0.335 e. The minimum atomic E-state index is -0.966. The molecule has 2 unspecified atom stereocenters. The minimum absolute atomic E-state index is 0.0827. The number of nitrogens with one attached hydrogen (secondary N) is 1. The summed E-state index contributed by atoms with van der Waals surface area (Å²) in [6, 6.07) is 6.25. The number of urea groups is 1. The molecular formula is C15H20N2O4. The van der Waals surface area contributed by atoms with Crippen LogP contribution in [0.2, 0.25) is 0 Å². The first kappa shape index (κ1) is 15.3. The van der Waals surface area contributed by atoms with Crippen molar-refractivity contribution in [3.63, 3.8) is 0 Å². The van der Waals surface area contributed by atoms with E-state index in [2.05, 4.69) is 5.32 Å². The lowest BCUT2D eigenvalue weighted by atomic mass is 9.97. The molecule has 1 saturated heterocycles. The van der Waals surface area contributed by atoms with Crippen LogP contribution >= 0.6 is 0 Å². The molecule has 0 aromatic heterocycles. The molecule has 3 N–H and O–H groups in total. The van der Waals surface area contributed by atoms with Gasteiger partial charge in [0.05, 0.1) is 11.7 Å². The Morgan fingerprint density at radius 1 is 1.33 bits per heavy atom. The van der Waals surface area contributed by atoms with E-state index < -0.39 is 5.97 Å². The van der Waals surface area contributed by atoms with Crippen LogP contribution in [0, 0.1) is 5.92 Å². The molecule has 2 atom stereocenters. The van der Waals surface area contributed by atoms with Crippen molar-refractivity contribution < 1.29 is 19.8 Å². The normalized spacial score (nSPS) is 21.9. The molecule has 1 fully saturated rings. The fourth-order valence-electron chi connectivity index (χ4n) is 2.37. The van der Waals surface area contributed by atoms with E-state index >= 15 is 0 Å². The highest BCUT2D eigenvalue weighted by atomic mass is 16.4. The van der Waals surface area contributed by atoms with Crippen molar-refractivity contribution in [1.82, 2.24) is 10.2 Å². The van der Waals surface area contributed by atoms with E-state index in [0.717, 1.165) is 5.56 Å². The maximum absolute atomic E-state index is 12.0. The quantitative estimate of drug-likeness (QED) is 0.783. The summed E-state index contributed by atoms with van der Waals surface area (Å²) < 4.78 is 0. The molecule has 1 heterocycles. The lowest BCUT2D eigenvalue weighted by Gasteiger charge is -2.34. The lowest BCUT2D eigenvalue weighted by Crippen LogP contribution is -2.48. The Hall–Kier alpha value is -2.08. The van der Waals surface area contributed by atoms with Crippen LogP contribution in [0.25, 0.3) is 0 Å². The molecule has 0 radical (unpaired) electrons. The van der Waals surface area contributed by atoms with Crippen molar-refractivity contribution in [2.45, 2.75) is 26.0 Å². The molecule has 0 saturated carbocycles. The second kappa shape index (κ2) is 6.58. The number of carbonyl (C=O) groups is 2. The Labute approximate surface area is 123 Å². The SMILES string of the molecule is CC1CN(C(=O)NCc2ccc(C(=O)O)cc2)CCC1O. The molecule has 1 aliphatic rings. The smallest absolute Gasteiger partial charge is 0.335 e. The van der Waals surface area contributed by atoms with E-state index in [1.807, 2.05) is 6.92 Å². The maximum atomic E-state index is 12.0. The van der Waals surface area contributed by atoms with Crippen LogP contribution in [-0.2, 0) is 6.54 Å². The molecule has 0 bridgehead atoms. The van der Waals surface area contributed by atoms with Gasteiger partial charge in [0.15, 0.2) is 0 Å². The molecule has 21 heavy (non-hydrogen) atoms. The molecule has 6 nitrogen and oxygen atoms in total. The minimum Gasteiger partial charge on any atom is -0.478 e. The number of rotatable bonds is 3. The number of amides is 2. The Balaban J connectivity index is 1.85. The molecule has 2 amide bonds. The molecule has 1 aromatic rings. The van der Waals surface area contributed by atoms with E-state index in [1.54, 1.807) is 17.0 Å². The van der Waals surface area contributed by atoms with E-state index in [9.17, 15) is 14.7 Å². The summed E-state index contributed by atoms with van der Waals surface area (Å²) in [7, 11) is 0. The van der Waals surface area contributed by atoms with E-state index in [4.69, 9.17) is 5.11 Å². The zero-order valence-corrected chi connectivity index (χ0v) is 12.0. The van der Waals surface area contributed by atoms with Gasteiger partial charge in [-0.15, -0.1) is 0 Å². The van der Waals surface area contributed by atoms with Crippen molar-refractivity contribution in [1.29, 1.82) is 0 Å².